The number of hydrogen-bond donors (Lipinski definition) is 2. The number of amides is 1. The Morgan fingerprint density at radius 1 is 1.21 bits per heavy atom. The third-order valence-electron chi connectivity index (χ3n) is 6.33. The minimum Gasteiger partial charge on any atom is -0.404 e. The van der Waals surface area contributed by atoms with Crippen molar-refractivity contribution in [1.29, 1.82) is 0 Å². The van der Waals surface area contributed by atoms with Gasteiger partial charge in [-0.15, -0.1) is 0 Å². The van der Waals surface area contributed by atoms with Crippen LogP contribution in [0.5, 0.6) is 0 Å². The van der Waals surface area contributed by atoms with Crippen molar-refractivity contribution in [3.63, 3.8) is 0 Å². The van der Waals surface area contributed by atoms with Gasteiger partial charge in [-0.05, 0) is 63.4 Å². The fourth-order valence-corrected chi connectivity index (χ4v) is 4.85. The molecule has 1 aliphatic rings. The van der Waals surface area contributed by atoms with Gasteiger partial charge in [-0.2, -0.15) is 0 Å². The van der Waals surface area contributed by atoms with Crippen LogP contribution in [0.4, 0.5) is 8.78 Å². The van der Waals surface area contributed by atoms with Crippen LogP contribution in [0.15, 0.2) is 48.7 Å². The Kier molecular flexibility index (Phi) is 6.70. The second kappa shape index (κ2) is 9.54. The second-order valence-corrected chi connectivity index (χ2v) is 9.58. The van der Waals surface area contributed by atoms with Gasteiger partial charge in [-0.3, -0.25) is 4.79 Å². The highest BCUT2D eigenvalue weighted by Crippen LogP contribution is 2.34. The number of nitrogens with two attached hydrogens (primary N) is 2. The number of imidazole rings is 1. The predicted molar refractivity (Wildman–Crippen MR) is 130 cm³/mol. The average Bonchev–Trinajstić information content (AvgIpc) is 3.12. The van der Waals surface area contributed by atoms with Gasteiger partial charge in [0.1, 0.15) is 22.8 Å². The van der Waals surface area contributed by atoms with Gasteiger partial charge in [0.05, 0.1) is 11.1 Å². The number of likely N-dealkylation sites (tertiary alicyclic amines) is 1. The van der Waals surface area contributed by atoms with Crippen LogP contribution in [0, 0.1) is 11.7 Å². The normalized spacial score (nSPS) is 16.3. The molecule has 0 spiro atoms. The number of hydrogen-bond acceptors (Lipinski definition) is 4. The summed E-state index contributed by atoms with van der Waals surface area (Å²) >= 11 is 0. The lowest BCUT2D eigenvalue weighted by atomic mass is 9.88. The number of alkyl halides is 1. The van der Waals surface area contributed by atoms with Gasteiger partial charge in [0, 0.05) is 24.9 Å². The van der Waals surface area contributed by atoms with Gasteiger partial charge in [-0.1, -0.05) is 30.3 Å². The summed E-state index contributed by atoms with van der Waals surface area (Å²) in [5, 5.41) is 0. The number of carbonyl (C=O) groups excluding carboxylic acids is 1. The fraction of sp³-hybridized carbons (Fsp3) is 0.385. The molecule has 1 aliphatic heterocycles. The third-order valence-corrected chi connectivity index (χ3v) is 6.33. The maximum Gasteiger partial charge on any atom is 0.251 e. The van der Waals surface area contributed by atoms with Crippen molar-refractivity contribution in [3.8, 4) is 0 Å². The molecule has 0 radical (unpaired) electrons. The van der Waals surface area contributed by atoms with Gasteiger partial charge in [-0.25, -0.2) is 13.8 Å². The SMILES string of the molecule is CC(C)(F)CN1CCC(C(=CN)c2nc3c(C(N)=O)cc(F)cc3n2Cc2ccccc2)CC1. The summed E-state index contributed by atoms with van der Waals surface area (Å²) in [6.07, 6.45) is 3.15. The van der Waals surface area contributed by atoms with E-state index in [0.717, 1.165) is 43.1 Å². The van der Waals surface area contributed by atoms with Crippen molar-refractivity contribution in [3.05, 3.63) is 71.4 Å². The zero-order valence-corrected chi connectivity index (χ0v) is 19.6. The first kappa shape index (κ1) is 23.9. The first-order valence-corrected chi connectivity index (χ1v) is 11.5. The highest BCUT2D eigenvalue weighted by Gasteiger charge is 2.30. The summed E-state index contributed by atoms with van der Waals surface area (Å²) in [5.74, 6) is -0.584. The number of carbonyl (C=O) groups is 1. The summed E-state index contributed by atoms with van der Waals surface area (Å²) in [6.45, 7) is 5.48. The number of rotatable bonds is 7. The topological polar surface area (TPSA) is 90.2 Å². The molecular formula is C26H31F2N5O. The van der Waals surface area contributed by atoms with Crippen LogP contribution in [-0.4, -0.2) is 45.7 Å². The molecule has 3 aromatic rings. The van der Waals surface area contributed by atoms with E-state index in [1.165, 1.54) is 6.07 Å². The highest BCUT2D eigenvalue weighted by molar-refractivity contribution is 6.04. The summed E-state index contributed by atoms with van der Waals surface area (Å²) in [4.78, 5) is 19.0. The van der Waals surface area contributed by atoms with Gasteiger partial charge in [0.15, 0.2) is 0 Å². The molecule has 0 bridgehead atoms. The van der Waals surface area contributed by atoms with Gasteiger partial charge < -0.3 is 20.9 Å². The first-order valence-electron chi connectivity index (χ1n) is 11.5. The van der Waals surface area contributed by atoms with E-state index in [1.54, 1.807) is 20.0 Å². The molecule has 2 aromatic carbocycles. The van der Waals surface area contributed by atoms with Crippen molar-refractivity contribution in [2.45, 2.75) is 38.9 Å². The molecular weight excluding hydrogens is 436 g/mol. The molecule has 4 rings (SSSR count). The molecule has 0 saturated carbocycles. The highest BCUT2D eigenvalue weighted by atomic mass is 19.1. The molecule has 0 aliphatic carbocycles. The van der Waals surface area contributed by atoms with E-state index in [1.807, 2.05) is 34.9 Å². The van der Waals surface area contributed by atoms with Crippen LogP contribution >= 0.6 is 0 Å². The van der Waals surface area contributed by atoms with Crippen molar-refractivity contribution in [2.75, 3.05) is 19.6 Å². The Morgan fingerprint density at radius 3 is 2.47 bits per heavy atom. The number of piperidine rings is 1. The summed E-state index contributed by atoms with van der Waals surface area (Å²) in [5.41, 5.74) is 13.2. The summed E-state index contributed by atoms with van der Waals surface area (Å²) in [6, 6.07) is 12.3. The van der Waals surface area contributed by atoms with Crippen LogP contribution in [0.1, 0.15) is 48.4 Å². The van der Waals surface area contributed by atoms with E-state index in [4.69, 9.17) is 16.5 Å². The number of halogens is 2. The number of nitrogens with zero attached hydrogens (tertiary/aromatic N) is 3. The number of primary amides is 1. The van der Waals surface area contributed by atoms with Crippen LogP contribution in [-0.2, 0) is 6.54 Å². The zero-order valence-electron chi connectivity index (χ0n) is 19.6. The summed E-state index contributed by atoms with van der Waals surface area (Å²) < 4.78 is 30.5. The van der Waals surface area contributed by atoms with E-state index in [2.05, 4.69) is 4.90 Å². The van der Waals surface area contributed by atoms with E-state index in [0.29, 0.717) is 29.9 Å². The average molecular weight is 468 g/mol. The van der Waals surface area contributed by atoms with Gasteiger partial charge >= 0.3 is 0 Å². The van der Waals surface area contributed by atoms with Crippen LogP contribution in [0.3, 0.4) is 0 Å². The van der Waals surface area contributed by atoms with Crippen molar-refractivity contribution < 1.29 is 13.6 Å². The molecule has 34 heavy (non-hydrogen) atoms. The Hall–Kier alpha value is -3.26. The van der Waals surface area contributed by atoms with Crippen LogP contribution in [0.2, 0.25) is 0 Å². The minimum absolute atomic E-state index is 0.0411. The standard InChI is InChI=1S/C26H31F2N5O/c1-26(2,28)16-32-10-8-18(9-11-32)21(14-29)25-31-23-20(24(30)34)12-19(27)13-22(23)33(25)15-17-6-4-3-5-7-17/h3-7,12-14,18H,8-11,15-16,29H2,1-2H3,(H2,30,34). The molecule has 0 atom stereocenters. The van der Waals surface area contributed by atoms with E-state index in [9.17, 15) is 13.6 Å². The van der Waals surface area contributed by atoms with Crippen molar-refractivity contribution in [2.24, 2.45) is 17.4 Å². The number of fused-ring (bicyclic) bond motifs is 1. The lowest BCUT2D eigenvalue weighted by Crippen LogP contribution is -2.41. The molecule has 1 saturated heterocycles. The smallest absolute Gasteiger partial charge is 0.251 e. The third kappa shape index (κ3) is 5.12. The maximum absolute atomic E-state index is 14.5. The maximum atomic E-state index is 14.5. The van der Waals surface area contributed by atoms with E-state index < -0.39 is 17.4 Å². The largest absolute Gasteiger partial charge is 0.404 e. The monoisotopic (exact) mass is 467 g/mol. The lowest BCUT2D eigenvalue weighted by Gasteiger charge is -2.35. The van der Waals surface area contributed by atoms with Crippen molar-refractivity contribution >= 4 is 22.5 Å². The van der Waals surface area contributed by atoms with Gasteiger partial charge in [0.2, 0.25) is 0 Å². The molecule has 1 fully saturated rings. The molecule has 1 amide bonds. The van der Waals surface area contributed by atoms with E-state index in [-0.39, 0.29) is 11.5 Å². The number of aromatic nitrogens is 2. The second-order valence-electron chi connectivity index (χ2n) is 9.58. The molecule has 8 heteroatoms. The van der Waals surface area contributed by atoms with Crippen LogP contribution in [0.25, 0.3) is 16.6 Å². The van der Waals surface area contributed by atoms with E-state index >= 15 is 0 Å². The number of benzene rings is 2. The van der Waals surface area contributed by atoms with Crippen LogP contribution < -0.4 is 11.5 Å². The Labute approximate surface area is 198 Å². The Morgan fingerprint density at radius 2 is 1.88 bits per heavy atom. The molecule has 1 aromatic heterocycles. The molecule has 2 heterocycles. The number of allylic oxidation sites excluding steroid dienone is 1. The Balaban J connectivity index is 1.75. The quantitative estimate of drug-likeness (QED) is 0.548. The molecule has 180 valence electrons. The fourth-order valence-electron chi connectivity index (χ4n) is 4.85. The molecule has 0 unspecified atom stereocenters. The lowest BCUT2D eigenvalue weighted by molar-refractivity contribution is 0.100. The van der Waals surface area contributed by atoms with Crippen molar-refractivity contribution in [1.82, 2.24) is 14.5 Å². The molecule has 6 nitrogen and oxygen atoms in total. The minimum atomic E-state index is -1.25. The predicted octanol–water partition coefficient (Wildman–Crippen LogP) is 4.08. The van der Waals surface area contributed by atoms with Gasteiger partial charge in [0.25, 0.3) is 5.91 Å². The first-order chi connectivity index (χ1) is 16.2. The Bertz CT molecular complexity index is 1210. The summed E-state index contributed by atoms with van der Waals surface area (Å²) in [7, 11) is 0. The molecule has 4 N–H and O–H groups in total. The zero-order chi connectivity index (χ0) is 24.5.